The lowest BCUT2D eigenvalue weighted by molar-refractivity contribution is -0.141. The van der Waals surface area contributed by atoms with Gasteiger partial charge < -0.3 is 10.1 Å². The van der Waals surface area contributed by atoms with Crippen LogP contribution in [0.2, 0.25) is 0 Å². The minimum Gasteiger partial charge on any atom is -0.469 e. The van der Waals surface area contributed by atoms with E-state index in [2.05, 4.69) is 23.7 Å². The summed E-state index contributed by atoms with van der Waals surface area (Å²) >= 11 is 1.70. The maximum Gasteiger partial charge on any atom is 0.307 e. The van der Waals surface area contributed by atoms with Crippen LogP contribution in [0.25, 0.3) is 0 Å². The Balaban J connectivity index is 1.97. The standard InChI is InChI=1S/C16H25NO2S/c1-12(13-7-4-3-5-8-13)17-14(11-16(18)19-2)15-9-6-10-20-15/h6,9-10,12-14,17H,3-5,7-8,11H2,1-2H3. The van der Waals surface area contributed by atoms with E-state index >= 15 is 0 Å². The van der Waals surface area contributed by atoms with E-state index in [1.54, 1.807) is 11.3 Å². The van der Waals surface area contributed by atoms with Crippen LogP contribution in [0.1, 0.15) is 56.4 Å². The summed E-state index contributed by atoms with van der Waals surface area (Å²) in [6.07, 6.45) is 7.09. The molecular formula is C16H25NO2S. The molecule has 4 heteroatoms. The summed E-state index contributed by atoms with van der Waals surface area (Å²) in [5.74, 6) is 0.593. The SMILES string of the molecule is COC(=O)CC(NC(C)C1CCCCC1)c1cccs1. The molecule has 1 aromatic heterocycles. The van der Waals surface area contributed by atoms with Gasteiger partial charge in [-0.1, -0.05) is 25.3 Å². The van der Waals surface area contributed by atoms with E-state index in [1.807, 2.05) is 6.07 Å². The molecular weight excluding hydrogens is 270 g/mol. The van der Waals surface area contributed by atoms with E-state index in [0.717, 1.165) is 5.92 Å². The number of thiophene rings is 1. The molecule has 0 aromatic carbocycles. The molecule has 1 aliphatic carbocycles. The normalized spacial score (nSPS) is 19.5. The van der Waals surface area contributed by atoms with Crippen molar-refractivity contribution < 1.29 is 9.53 Å². The highest BCUT2D eigenvalue weighted by atomic mass is 32.1. The Labute approximate surface area is 125 Å². The lowest BCUT2D eigenvalue weighted by Gasteiger charge is -2.31. The summed E-state index contributed by atoms with van der Waals surface area (Å²) in [5, 5.41) is 5.73. The summed E-state index contributed by atoms with van der Waals surface area (Å²) in [5.41, 5.74) is 0. The van der Waals surface area contributed by atoms with Crippen molar-refractivity contribution in [3.63, 3.8) is 0 Å². The van der Waals surface area contributed by atoms with Gasteiger partial charge in [0.25, 0.3) is 0 Å². The van der Waals surface area contributed by atoms with Crippen LogP contribution in [0.15, 0.2) is 17.5 Å². The number of rotatable bonds is 6. The molecule has 2 rings (SSSR count). The lowest BCUT2D eigenvalue weighted by atomic mass is 9.84. The number of esters is 1. The van der Waals surface area contributed by atoms with Crippen LogP contribution in [0.3, 0.4) is 0 Å². The predicted octanol–water partition coefficient (Wildman–Crippen LogP) is 3.91. The Hall–Kier alpha value is -0.870. The molecule has 1 N–H and O–H groups in total. The highest BCUT2D eigenvalue weighted by molar-refractivity contribution is 7.10. The van der Waals surface area contributed by atoms with E-state index in [4.69, 9.17) is 4.74 Å². The van der Waals surface area contributed by atoms with Crippen molar-refractivity contribution in [3.05, 3.63) is 22.4 Å². The monoisotopic (exact) mass is 295 g/mol. The Kier molecular flexibility index (Phi) is 6.05. The summed E-state index contributed by atoms with van der Waals surface area (Å²) in [4.78, 5) is 12.8. The molecule has 1 aromatic rings. The predicted molar refractivity (Wildman–Crippen MR) is 82.9 cm³/mol. The first kappa shape index (κ1) is 15.5. The van der Waals surface area contributed by atoms with Crippen LogP contribution >= 0.6 is 11.3 Å². The van der Waals surface area contributed by atoms with Crippen molar-refractivity contribution in [2.24, 2.45) is 5.92 Å². The third-order valence-electron chi connectivity index (χ3n) is 4.31. The third kappa shape index (κ3) is 4.32. The molecule has 0 spiro atoms. The summed E-state index contributed by atoms with van der Waals surface area (Å²) in [6, 6.07) is 4.67. The molecule has 1 saturated carbocycles. The maximum atomic E-state index is 11.6. The molecule has 1 heterocycles. The second kappa shape index (κ2) is 7.79. The van der Waals surface area contributed by atoms with Crippen LogP contribution in [0, 0.1) is 5.92 Å². The average molecular weight is 295 g/mol. The molecule has 2 unspecified atom stereocenters. The van der Waals surface area contributed by atoms with Crippen molar-refractivity contribution in [2.45, 2.75) is 57.5 Å². The highest BCUT2D eigenvalue weighted by Crippen LogP contribution is 2.29. The fourth-order valence-electron chi connectivity index (χ4n) is 3.07. The quantitative estimate of drug-likeness (QED) is 0.809. The summed E-state index contributed by atoms with van der Waals surface area (Å²) < 4.78 is 4.83. The van der Waals surface area contributed by atoms with E-state index in [-0.39, 0.29) is 12.0 Å². The first-order chi connectivity index (χ1) is 9.70. The molecule has 0 aliphatic heterocycles. The minimum atomic E-state index is -0.147. The maximum absolute atomic E-state index is 11.6. The van der Waals surface area contributed by atoms with Crippen molar-refractivity contribution in [1.82, 2.24) is 5.32 Å². The Bertz CT molecular complexity index is 399. The van der Waals surface area contributed by atoms with E-state index in [1.165, 1.54) is 44.1 Å². The van der Waals surface area contributed by atoms with Gasteiger partial charge in [0.2, 0.25) is 0 Å². The first-order valence-electron chi connectivity index (χ1n) is 7.57. The van der Waals surface area contributed by atoms with E-state index in [0.29, 0.717) is 12.5 Å². The second-order valence-electron chi connectivity index (χ2n) is 5.70. The number of hydrogen-bond donors (Lipinski definition) is 1. The lowest BCUT2D eigenvalue weighted by Crippen LogP contribution is -2.38. The van der Waals surface area contributed by atoms with Crippen LogP contribution < -0.4 is 5.32 Å². The molecule has 2 atom stereocenters. The fourth-order valence-corrected chi connectivity index (χ4v) is 3.86. The summed E-state index contributed by atoms with van der Waals surface area (Å²) in [6.45, 7) is 2.26. The Morgan fingerprint density at radius 3 is 2.80 bits per heavy atom. The number of hydrogen-bond acceptors (Lipinski definition) is 4. The molecule has 0 saturated heterocycles. The third-order valence-corrected chi connectivity index (χ3v) is 5.29. The zero-order valence-electron chi connectivity index (χ0n) is 12.4. The van der Waals surface area contributed by atoms with Crippen molar-refractivity contribution >= 4 is 17.3 Å². The van der Waals surface area contributed by atoms with Gasteiger partial charge in [0.1, 0.15) is 0 Å². The Morgan fingerprint density at radius 2 is 2.20 bits per heavy atom. The van der Waals surface area contributed by atoms with Gasteiger partial charge in [0.05, 0.1) is 19.6 Å². The van der Waals surface area contributed by atoms with Gasteiger partial charge in [-0.2, -0.15) is 0 Å². The second-order valence-corrected chi connectivity index (χ2v) is 6.68. The molecule has 1 aliphatic rings. The van der Waals surface area contributed by atoms with Crippen molar-refractivity contribution in [3.8, 4) is 0 Å². The summed E-state index contributed by atoms with van der Waals surface area (Å²) in [7, 11) is 1.46. The smallest absolute Gasteiger partial charge is 0.307 e. The molecule has 3 nitrogen and oxygen atoms in total. The van der Waals surface area contributed by atoms with Crippen molar-refractivity contribution in [2.75, 3.05) is 7.11 Å². The van der Waals surface area contributed by atoms with E-state index in [9.17, 15) is 4.79 Å². The van der Waals surface area contributed by atoms with Gasteiger partial charge in [-0.15, -0.1) is 11.3 Å². The van der Waals surface area contributed by atoms with Gasteiger partial charge in [0, 0.05) is 10.9 Å². The minimum absolute atomic E-state index is 0.0828. The van der Waals surface area contributed by atoms with Gasteiger partial charge >= 0.3 is 5.97 Å². The average Bonchev–Trinajstić information content (AvgIpc) is 3.01. The van der Waals surface area contributed by atoms with Gasteiger partial charge in [0.15, 0.2) is 0 Å². The number of ether oxygens (including phenoxy) is 1. The number of carbonyl (C=O) groups is 1. The molecule has 20 heavy (non-hydrogen) atoms. The molecule has 0 bridgehead atoms. The highest BCUT2D eigenvalue weighted by Gasteiger charge is 2.25. The molecule has 1 fully saturated rings. The van der Waals surface area contributed by atoms with Gasteiger partial charge in [-0.05, 0) is 37.1 Å². The van der Waals surface area contributed by atoms with Crippen LogP contribution in [0.4, 0.5) is 0 Å². The number of carbonyl (C=O) groups excluding carboxylic acids is 1. The fraction of sp³-hybridized carbons (Fsp3) is 0.688. The number of nitrogens with one attached hydrogen (secondary N) is 1. The molecule has 0 amide bonds. The van der Waals surface area contributed by atoms with Gasteiger partial charge in [-0.25, -0.2) is 0 Å². The van der Waals surface area contributed by atoms with Crippen molar-refractivity contribution in [1.29, 1.82) is 0 Å². The Morgan fingerprint density at radius 1 is 1.45 bits per heavy atom. The van der Waals surface area contributed by atoms with Crippen LogP contribution in [-0.4, -0.2) is 19.1 Å². The number of methoxy groups -OCH3 is 1. The topological polar surface area (TPSA) is 38.3 Å². The molecule has 0 radical (unpaired) electrons. The molecule has 112 valence electrons. The zero-order chi connectivity index (χ0) is 14.4. The van der Waals surface area contributed by atoms with Gasteiger partial charge in [-0.3, -0.25) is 4.79 Å². The zero-order valence-corrected chi connectivity index (χ0v) is 13.2. The first-order valence-corrected chi connectivity index (χ1v) is 8.45. The van der Waals surface area contributed by atoms with Crippen LogP contribution in [-0.2, 0) is 9.53 Å². The van der Waals surface area contributed by atoms with E-state index < -0.39 is 0 Å². The van der Waals surface area contributed by atoms with Crippen LogP contribution in [0.5, 0.6) is 0 Å². The largest absolute Gasteiger partial charge is 0.469 e.